The highest BCUT2D eigenvalue weighted by Crippen LogP contribution is 2.36. The summed E-state index contributed by atoms with van der Waals surface area (Å²) in [5.74, 6) is -0.406. The molecule has 0 saturated carbocycles. The van der Waals surface area contributed by atoms with E-state index in [0.717, 1.165) is 0 Å². The van der Waals surface area contributed by atoms with Crippen molar-refractivity contribution in [3.63, 3.8) is 0 Å². The first kappa shape index (κ1) is 12.5. The Bertz CT molecular complexity index is 388. The van der Waals surface area contributed by atoms with Gasteiger partial charge in [0, 0.05) is 16.9 Å². The average molecular weight is 247 g/mol. The van der Waals surface area contributed by atoms with E-state index in [-0.39, 0.29) is 17.4 Å². The van der Waals surface area contributed by atoms with Crippen LogP contribution in [-0.4, -0.2) is 10.1 Å². The Labute approximate surface area is 99.0 Å². The van der Waals surface area contributed by atoms with Crippen molar-refractivity contribution in [3.05, 3.63) is 23.0 Å². The van der Waals surface area contributed by atoms with E-state index in [4.69, 9.17) is 23.8 Å². The topological polar surface area (TPSA) is 17.1 Å². The summed E-state index contributed by atoms with van der Waals surface area (Å²) in [5.41, 5.74) is 0.575. The molecule has 1 aliphatic rings. The van der Waals surface area contributed by atoms with Crippen molar-refractivity contribution in [1.29, 1.82) is 0 Å². The van der Waals surface area contributed by atoms with Gasteiger partial charge < -0.3 is 0 Å². The number of allylic oxidation sites excluding steroid dienone is 4. The molecular weight excluding hydrogens is 235 g/mol. The van der Waals surface area contributed by atoms with Gasteiger partial charge in [-0.15, -0.1) is 0 Å². The van der Waals surface area contributed by atoms with Crippen LogP contribution < -0.4 is 0 Å². The van der Waals surface area contributed by atoms with Crippen LogP contribution in [0.2, 0.25) is 0 Å². The van der Waals surface area contributed by atoms with Crippen LogP contribution >= 0.6 is 23.8 Å². The lowest BCUT2D eigenvalue weighted by atomic mass is 9.78. The monoisotopic (exact) mass is 246 g/mol. The van der Waals surface area contributed by atoms with Crippen molar-refractivity contribution in [2.75, 3.05) is 0 Å². The van der Waals surface area contributed by atoms with Gasteiger partial charge in [0.2, 0.25) is 0 Å². The first-order valence-corrected chi connectivity index (χ1v) is 5.36. The Morgan fingerprint density at radius 1 is 1.53 bits per heavy atom. The second kappa shape index (κ2) is 4.14. The van der Waals surface area contributed by atoms with Gasteiger partial charge in [-0.25, -0.2) is 4.39 Å². The standard InChI is InChI=1S/C11H12ClFOS/c1-11(2,3)9-7(10(12)14)4-6(13)5-8(9)15/h4H,5H2,1-3H3. The van der Waals surface area contributed by atoms with Gasteiger partial charge in [-0.2, -0.15) is 0 Å². The smallest absolute Gasteiger partial charge is 0.252 e. The highest BCUT2D eigenvalue weighted by Gasteiger charge is 2.30. The first-order valence-electron chi connectivity index (χ1n) is 4.57. The molecule has 4 heteroatoms. The van der Waals surface area contributed by atoms with E-state index in [2.05, 4.69) is 0 Å². The van der Waals surface area contributed by atoms with Gasteiger partial charge in [-0.3, -0.25) is 4.79 Å². The minimum absolute atomic E-state index is 0.0929. The molecule has 0 atom stereocenters. The summed E-state index contributed by atoms with van der Waals surface area (Å²) < 4.78 is 13.1. The van der Waals surface area contributed by atoms with Crippen LogP contribution in [0, 0.1) is 5.41 Å². The van der Waals surface area contributed by atoms with E-state index < -0.39 is 11.1 Å². The number of carbonyl (C=O) groups excluding carboxylic acids is 1. The summed E-state index contributed by atoms with van der Waals surface area (Å²) in [6.07, 6.45) is 1.28. The van der Waals surface area contributed by atoms with Gasteiger partial charge in [0.05, 0.1) is 0 Å². The largest absolute Gasteiger partial charge is 0.276 e. The predicted octanol–water partition coefficient (Wildman–Crippen LogP) is 3.72. The lowest BCUT2D eigenvalue weighted by molar-refractivity contribution is -0.108. The number of halogens is 2. The molecule has 1 nitrogen and oxygen atoms in total. The Kier molecular flexibility index (Phi) is 3.46. The molecular formula is C11H12ClFOS. The van der Waals surface area contributed by atoms with Gasteiger partial charge in [0.1, 0.15) is 5.83 Å². The van der Waals surface area contributed by atoms with E-state index in [1.807, 2.05) is 20.8 Å². The lowest BCUT2D eigenvalue weighted by Crippen LogP contribution is -2.23. The molecule has 0 aromatic heterocycles. The first-order chi connectivity index (χ1) is 6.73. The molecule has 0 aromatic carbocycles. The molecule has 0 radical (unpaired) electrons. The summed E-state index contributed by atoms with van der Waals surface area (Å²) in [6.45, 7) is 5.77. The molecule has 82 valence electrons. The van der Waals surface area contributed by atoms with Crippen molar-refractivity contribution in [2.45, 2.75) is 27.2 Å². The van der Waals surface area contributed by atoms with Crippen LogP contribution in [0.4, 0.5) is 4.39 Å². The molecule has 0 N–H and O–H groups in total. The van der Waals surface area contributed by atoms with E-state index >= 15 is 0 Å². The summed E-state index contributed by atoms with van der Waals surface area (Å²) in [5, 5.41) is -0.655. The van der Waals surface area contributed by atoms with Gasteiger partial charge >= 0.3 is 0 Å². The minimum Gasteiger partial charge on any atom is -0.276 e. The van der Waals surface area contributed by atoms with Crippen molar-refractivity contribution in [1.82, 2.24) is 0 Å². The molecule has 0 aliphatic heterocycles. The molecule has 0 fully saturated rings. The minimum atomic E-state index is -0.655. The number of hydrogen-bond donors (Lipinski definition) is 0. The van der Waals surface area contributed by atoms with Crippen LogP contribution in [-0.2, 0) is 4.79 Å². The van der Waals surface area contributed by atoms with Crippen LogP contribution in [0.3, 0.4) is 0 Å². The van der Waals surface area contributed by atoms with Crippen molar-refractivity contribution < 1.29 is 9.18 Å². The summed E-state index contributed by atoms with van der Waals surface area (Å²) in [6, 6.07) is 0. The molecule has 0 unspecified atom stereocenters. The summed E-state index contributed by atoms with van der Waals surface area (Å²) >= 11 is 10.5. The van der Waals surface area contributed by atoms with Crippen molar-refractivity contribution >= 4 is 33.9 Å². The van der Waals surface area contributed by atoms with Crippen LogP contribution in [0.1, 0.15) is 27.2 Å². The molecule has 15 heavy (non-hydrogen) atoms. The second-order valence-electron chi connectivity index (χ2n) is 4.50. The van der Waals surface area contributed by atoms with Crippen molar-refractivity contribution in [3.8, 4) is 0 Å². The maximum Gasteiger partial charge on any atom is 0.252 e. The fraction of sp³-hybridized carbons (Fsp3) is 0.455. The molecule has 1 aliphatic carbocycles. The molecule has 0 spiro atoms. The maximum absolute atomic E-state index is 13.1. The Hall–Kier alpha value is -0.540. The van der Waals surface area contributed by atoms with Gasteiger partial charge in [-0.05, 0) is 28.7 Å². The van der Waals surface area contributed by atoms with Gasteiger partial charge in [0.15, 0.2) is 0 Å². The SMILES string of the molecule is CC(C)(C)C1=C(C(=O)Cl)C=C(F)CC1=S. The predicted molar refractivity (Wildman–Crippen MR) is 63.7 cm³/mol. The number of rotatable bonds is 1. The van der Waals surface area contributed by atoms with Crippen LogP contribution in [0.5, 0.6) is 0 Å². The number of carbonyl (C=O) groups is 1. The Morgan fingerprint density at radius 3 is 2.47 bits per heavy atom. The Balaban J connectivity index is 3.41. The second-order valence-corrected chi connectivity index (χ2v) is 5.34. The zero-order chi connectivity index (χ0) is 11.8. The van der Waals surface area contributed by atoms with Crippen LogP contribution in [0.15, 0.2) is 23.0 Å². The zero-order valence-corrected chi connectivity index (χ0v) is 10.4. The molecule has 0 saturated heterocycles. The highest BCUT2D eigenvalue weighted by molar-refractivity contribution is 7.80. The quantitative estimate of drug-likeness (QED) is 0.518. The number of thiocarbonyl (C=S) groups is 1. The van der Waals surface area contributed by atoms with E-state index in [1.165, 1.54) is 6.08 Å². The van der Waals surface area contributed by atoms with E-state index in [0.29, 0.717) is 10.4 Å². The molecule has 1 rings (SSSR count). The van der Waals surface area contributed by atoms with Gasteiger partial charge in [-0.1, -0.05) is 33.0 Å². The summed E-state index contributed by atoms with van der Waals surface area (Å²) in [4.78, 5) is 11.6. The summed E-state index contributed by atoms with van der Waals surface area (Å²) in [7, 11) is 0. The third kappa shape index (κ3) is 2.73. The average Bonchev–Trinajstić information content (AvgIpc) is 1.99. The number of hydrogen-bond acceptors (Lipinski definition) is 2. The fourth-order valence-corrected chi connectivity index (χ4v) is 2.35. The normalized spacial score (nSPS) is 17.9. The van der Waals surface area contributed by atoms with Crippen LogP contribution in [0.25, 0.3) is 0 Å². The third-order valence-electron chi connectivity index (χ3n) is 2.14. The fourth-order valence-electron chi connectivity index (χ4n) is 1.65. The molecule has 0 aromatic rings. The molecule has 0 amide bonds. The highest BCUT2D eigenvalue weighted by atomic mass is 35.5. The van der Waals surface area contributed by atoms with Gasteiger partial charge in [0.25, 0.3) is 5.24 Å². The maximum atomic E-state index is 13.1. The lowest BCUT2D eigenvalue weighted by Gasteiger charge is -2.27. The molecule has 0 heterocycles. The van der Waals surface area contributed by atoms with Crippen molar-refractivity contribution in [2.24, 2.45) is 5.41 Å². The molecule has 0 bridgehead atoms. The Morgan fingerprint density at radius 2 is 2.07 bits per heavy atom. The zero-order valence-electron chi connectivity index (χ0n) is 8.86. The van der Waals surface area contributed by atoms with E-state index in [1.54, 1.807) is 0 Å². The third-order valence-corrected chi connectivity index (χ3v) is 2.69. The van der Waals surface area contributed by atoms with E-state index in [9.17, 15) is 9.18 Å².